The summed E-state index contributed by atoms with van der Waals surface area (Å²) in [4.78, 5) is 24.8. The molecule has 0 fully saturated rings. The van der Waals surface area contributed by atoms with Crippen LogP contribution in [0.4, 0.5) is 11.4 Å². The van der Waals surface area contributed by atoms with Crippen LogP contribution in [0, 0.1) is 13.8 Å². The first kappa shape index (κ1) is 17.4. The maximum absolute atomic E-state index is 12.5. The van der Waals surface area contributed by atoms with Crippen molar-refractivity contribution in [2.24, 2.45) is 7.05 Å². The van der Waals surface area contributed by atoms with Crippen molar-refractivity contribution in [1.29, 1.82) is 0 Å². The summed E-state index contributed by atoms with van der Waals surface area (Å²) in [6, 6.07) is 14.4. The number of aryl methyl sites for hydroxylation is 3. The van der Waals surface area contributed by atoms with E-state index in [4.69, 9.17) is 0 Å². The second kappa shape index (κ2) is 7.23. The molecule has 132 valence electrons. The molecule has 3 rings (SSSR count). The van der Waals surface area contributed by atoms with Gasteiger partial charge in [0.15, 0.2) is 0 Å². The second-order valence-corrected chi connectivity index (χ2v) is 6.09. The molecule has 0 unspecified atom stereocenters. The number of hydrogen-bond donors (Lipinski definition) is 2. The average Bonchev–Trinajstić information content (AvgIpc) is 3.04. The van der Waals surface area contributed by atoms with Crippen LogP contribution in [-0.2, 0) is 7.05 Å². The fraction of sp³-hybridized carbons (Fsp3) is 0.150. The van der Waals surface area contributed by atoms with Gasteiger partial charge in [-0.2, -0.15) is 5.10 Å². The molecule has 6 heteroatoms. The largest absolute Gasteiger partial charge is 0.322 e. The molecule has 26 heavy (non-hydrogen) atoms. The Bertz CT molecular complexity index is 975. The summed E-state index contributed by atoms with van der Waals surface area (Å²) in [5.74, 6) is -0.433. The summed E-state index contributed by atoms with van der Waals surface area (Å²) >= 11 is 0. The van der Waals surface area contributed by atoms with Gasteiger partial charge in [-0.15, -0.1) is 0 Å². The molecule has 0 bridgehead atoms. The van der Waals surface area contributed by atoms with Gasteiger partial charge in [0.05, 0.1) is 0 Å². The van der Waals surface area contributed by atoms with Crippen molar-refractivity contribution in [3.63, 3.8) is 0 Å². The maximum Gasteiger partial charge on any atom is 0.273 e. The van der Waals surface area contributed by atoms with E-state index in [9.17, 15) is 9.59 Å². The van der Waals surface area contributed by atoms with Crippen LogP contribution < -0.4 is 10.6 Å². The van der Waals surface area contributed by atoms with Gasteiger partial charge in [-0.25, -0.2) is 0 Å². The normalized spacial score (nSPS) is 10.4. The predicted octanol–water partition coefficient (Wildman–Crippen LogP) is 3.54. The van der Waals surface area contributed by atoms with Crippen molar-refractivity contribution in [3.05, 3.63) is 77.1 Å². The van der Waals surface area contributed by atoms with E-state index in [-0.39, 0.29) is 11.8 Å². The molecule has 1 heterocycles. The van der Waals surface area contributed by atoms with Crippen LogP contribution in [0.25, 0.3) is 0 Å². The highest BCUT2D eigenvalue weighted by Crippen LogP contribution is 2.20. The van der Waals surface area contributed by atoms with Crippen LogP contribution in [0.2, 0.25) is 0 Å². The van der Waals surface area contributed by atoms with Gasteiger partial charge in [-0.3, -0.25) is 14.3 Å². The minimum absolute atomic E-state index is 0.188. The van der Waals surface area contributed by atoms with E-state index in [0.29, 0.717) is 16.9 Å². The molecule has 0 aliphatic rings. The highest BCUT2D eigenvalue weighted by molar-refractivity contribution is 6.06. The molecule has 0 radical (unpaired) electrons. The lowest BCUT2D eigenvalue weighted by Gasteiger charge is -2.12. The number of anilines is 2. The highest BCUT2D eigenvalue weighted by Gasteiger charge is 2.13. The zero-order valence-corrected chi connectivity index (χ0v) is 14.9. The fourth-order valence-electron chi connectivity index (χ4n) is 2.64. The van der Waals surface area contributed by atoms with Gasteiger partial charge in [-0.05, 0) is 55.3 Å². The molecular weight excluding hydrogens is 328 g/mol. The van der Waals surface area contributed by atoms with Crippen molar-refractivity contribution >= 4 is 23.2 Å². The summed E-state index contributed by atoms with van der Waals surface area (Å²) in [6.45, 7) is 3.79. The number of para-hydroxylation sites is 1. The SMILES string of the molecule is Cc1ccccc1NC(=O)c1ccc(NC(=O)c2ccnn2C)c(C)c1. The number of aromatic nitrogens is 2. The Labute approximate surface area is 151 Å². The van der Waals surface area contributed by atoms with Gasteiger partial charge < -0.3 is 10.6 Å². The van der Waals surface area contributed by atoms with E-state index < -0.39 is 0 Å². The molecule has 2 aromatic carbocycles. The minimum atomic E-state index is -0.245. The quantitative estimate of drug-likeness (QED) is 0.757. The van der Waals surface area contributed by atoms with Gasteiger partial charge in [-0.1, -0.05) is 18.2 Å². The Morgan fingerprint density at radius 1 is 0.885 bits per heavy atom. The van der Waals surface area contributed by atoms with Gasteiger partial charge in [0, 0.05) is 30.2 Å². The van der Waals surface area contributed by atoms with E-state index in [1.165, 1.54) is 4.68 Å². The van der Waals surface area contributed by atoms with E-state index in [1.807, 2.05) is 38.1 Å². The molecule has 6 nitrogen and oxygen atoms in total. The van der Waals surface area contributed by atoms with Gasteiger partial charge >= 0.3 is 0 Å². The van der Waals surface area contributed by atoms with E-state index in [0.717, 1.165) is 16.8 Å². The van der Waals surface area contributed by atoms with Gasteiger partial charge in [0.1, 0.15) is 5.69 Å². The number of benzene rings is 2. The molecular formula is C20H20N4O2. The summed E-state index contributed by atoms with van der Waals surface area (Å²) in [5.41, 5.74) is 4.23. The Balaban J connectivity index is 1.75. The lowest BCUT2D eigenvalue weighted by molar-refractivity contribution is 0.101. The molecule has 2 amide bonds. The number of nitrogens with one attached hydrogen (secondary N) is 2. The molecule has 1 aromatic heterocycles. The summed E-state index contributed by atoms with van der Waals surface area (Å²) in [7, 11) is 1.71. The van der Waals surface area contributed by atoms with E-state index in [2.05, 4.69) is 15.7 Å². The average molecular weight is 348 g/mol. The van der Waals surface area contributed by atoms with Crippen molar-refractivity contribution < 1.29 is 9.59 Å². The smallest absolute Gasteiger partial charge is 0.273 e. The minimum Gasteiger partial charge on any atom is -0.322 e. The molecule has 0 atom stereocenters. The third-order valence-corrected chi connectivity index (χ3v) is 4.18. The Morgan fingerprint density at radius 3 is 2.23 bits per heavy atom. The van der Waals surface area contributed by atoms with Crippen molar-refractivity contribution in [1.82, 2.24) is 9.78 Å². The van der Waals surface area contributed by atoms with Crippen LogP contribution in [0.1, 0.15) is 32.0 Å². The molecule has 2 N–H and O–H groups in total. The standard InChI is InChI=1S/C20H20N4O2/c1-13-6-4-5-7-16(13)22-19(25)15-8-9-17(14(2)12-15)23-20(26)18-10-11-21-24(18)3/h4-12H,1-3H3,(H,22,25)(H,23,26). The third kappa shape index (κ3) is 3.64. The van der Waals surface area contributed by atoms with E-state index in [1.54, 1.807) is 37.5 Å². The van der Waals surface area contributed by atoms with Crippen LogP contribution in [0.15, 0.2) is 54.7 Å². The topological polar surface area (TPSA) is 76.0 Å². The summed E-state index contributed by atoms with van der Waals surface area (Å²) < 4.78 is 1.51. The van der Waals surface area contributed by atoms with Crippen molar-refractivity contribution in [2.45, 2.75) is 13.8 Å². The Kier molecular flexibility index (Phi) is 4.84. The van der Waals surface area contributed by atoms with Crippen LogP contribution >= 0.6 is 0 Å². The van der Waals surface area contributed by atoms with Crippen LogP contribution in [-0.4, -0.2) is 21.6 Å². The second-order valence-electron chi connectivity index (χ2n) is 6.09. The number of amides is 2. The number of carbonyl (C=O) groups excluding carboxylic acids is 2. The monoisotopic (exact) mass is 348 g/mol. The predicted molar refractivity (Wildman–Crippen MR) is 101 cm³/mol. The number of rotatable bonds is 4. The Hall–Kier alpha value is -3.41. The van der Waals surface area contributed by atoms with Crippen molar-refractivity contribution in [3.8, 4) is 0 Å². The van der Waals surface area contributed by atoms with Crippen LogP contribution in [0.5, 0.6) is 0 Å². The summed E-state index contributed by atoms with van der Waals surface area (Å²) in [5, 5.41) is 9.74. The molecule has 0 aliphatic heterocycles. The van der Waals surface area contributed by atoms with Crippen molar-refractivity contribution in [2.75, 3.05) is 10.6 Å². The maximum atomic E-state index is 12.5. The molecule has 0 aliphatic carbocycles. The molecule has 0 saturated heterocycles. The zero-order chi connectivity index (χ0) is 18.7. The molecule has 0 saturated carbocycles. The lowest BCUT2D eigenvalue weighted by Crippen LogP contribution is -2.17. The zero-order valence-electron chi connectivity index (χ0n) is 14.9. The first-order valence-corrected chi connectivity index (χ1v) is 8.22. The van der Waals surface area contributed by atoms with Crippen LogP contribution in [0.3, 0.4) is 0 Å². The highest BCUT2D eigenvalue weighted by atomic mass is 16.2. The summed E-state index contributed by atoms with van der Waals surface area (Å²) in [6.07, 6.45) is 1.57. The fourth-order valence-corrected chi connectivity index (χ4v) is 2.64. The number of nitrogens with zero attached hydrogens (tertiary/aromatic N) is 2. The van der Waals surface area contributed by atoms with E-state index >= 15 is 0 Å². The first-order chi connectivity index (χ1) is 12.5. The first-order valence-electron chi connectivity index (χ1n) is 8.22. The number of carbonyl (C=O) groups is 2. The Morgan fingerprint density at radius 2 is 1.58 bits per heavy atom. The lowest BCUT2D eigenvalue weighted by atomic mass is 10.1. The van der Waals surface area contributed by atoms with Gasteiger partial charge in [0.25, 0.3) is 11.8 Å². The van der Waals surface area contributed by atoms with Gasteiger partial charge in [0.2, 0.25) is 0 Å². The third-order valence-electron chi connectivity index (χ3n) is 4.18. The molecule has 3 aromatic rings. The number of hydrogen-bond acceptors (Lipinski definition) is 3. The molecule has 0 spiro atoms.